The molecule has 0 bridgehead atoms. The lowest BCUT2D eigenvalue weighted by atomic mass is 10.1. The summed E-state index contributed by atoms with van der Waals surface area (Å²) in [6, 6.07) is 16.3. The lowest BCUT2D eigenvalue weighted by Crippen LogP contribution is -2.29. The number of hydrogen-bond acceptors (Lipinski definition) is 5. The molecule has 0 aliphatic carbocycles. The molecule has 0 saturated carbocycles. The second kappa shape index (κ2) is 8.52. The van der Waals surface area contributed by atoms with Crippen molar-refractivity contribution in [2.24, 2.45) is 0 Å². The fraction of sp³-hybridized carbons (Fsp3) is 0.368. The minimum atomic E-state index is -0.884. The number of likely N-dealkylation sites (N-methyl/N-ethyl adjacent to an activating group) is 1. The third-order valence-corrected chi connectivity index (χ3v) is 6.15. The van der Waals surface area contributed by atoms with E-state index in [2.05, 4.69) is 30.8 Å². The van der Waals surface area contributed by atoms with Gasteiger partial charge in [-0.2, -0.15) is 0 Å². The van der Waals surface area contributed by atoms with E-state index in [0.717, 1.165) is 23.7 Å². The van der Waals surface area contributed by atoms with Crippen LogP contribution >= 0.6 is 8.30 Å². The number of hydrogen-bond donors (Lipinski definition) is 0. The number of fused-ring (bicyclic) bond motifs is 1. The SMILES string of the molecule is COCP(Oc1ccccc1)N(C)C(C)Cc1ccc2c(c1)OCO2. The standard InChI is InChI=1S/C19H24NO4P/c1-15(11-16-9-10-18-19(12-16)23-13-22-18)20(2)25(14-21-3)24-17-7-5-4-6-8-17/h4-10,12,15H,11,13-14H2,1-3H3. The highest BCUT2D eigenvalue weighted by molar-refractivity contribution is 7.50. The Hall–Kier alpha value is -1.81. The number of rotatable bonds is 8. The zero-order valence-electron chi connectivity index (χ0n) is 14.8. The maximum absolute atomic E-state index is 6.17. The molecule has 3 rings (SSSR count). The molecule has 0 N–H and O–H groups in total. The average molecular weight is 361 g/mol. The molecule has 5 nitrogen and oxygen atoms in total. The van der Waals surface area contributed by atoms with Gasteiger partial charge >= 0.3 is 0 Å². The van der Waals surface area contributed by atoms with Crippen LogP contribution in [0.15, 0.2) is 48.5 Å². The van der Waals surface area contributed by atoms with Crippen LogP contribution in [0.5, 0.6) is 17.2 Å². The van der Waals surface area contributed by atoms with Gasteiger partial charge in [0.25, 0.3) is 0 Å². The normalized spacial score (nSPS) is 15.2. The van der Waals surface area contributed by atoms with Gasteiger partial charge in [0.1, 0.15) is 12.1 Å². The lowest BCUT2D eigenvalue weighted by molar-refractivity contribution is 0.174. The van der Waals surface area contributed by atoms with E-state index in [4.69, 9.17) is 18.7 Å². The van der Waals surface area contributed by atoms with Gasteiger partial charge in [-0.1, -0.05) is 24.3 Å². The fourth-order valence-corrected chi connectivity index (χ4v) is 4.13. The predicted octanol–water partition coefficient (Wildman–Crippen LogP) is 4.27. The molecule has 0 amide bonds. The van der Waals surface area contributed by atoms with Gasteiger partial charge in [-0.05, 0) is 50.2 Å². The molecule has 2 unspecified atom stereocenters. The Labute approximate surface area is 150 Å². The highest BCUT2D eigenvalue weighted by atomic mass is 31.2. The Balaban J connectivity index is 1.65. The molecule has 134 valence electrons. The van der Waals surface area contributed by atoms with E-state index < -0.39 is 8.30 Å². The summed E-state index contributed by atoms with van der Waals surface area (Å²) in [5, 5.41) is 0. The summed E-state index contributed by atoms with van der Waals surface area (Å²) < 4.78 is 24.7. The Bertz CT molecular complexity index is 682. The van der Waals surface area contributed by atoms with Gasteiger partial charge < -0.3 is 18.7 Å². The molecule has 6 heteroatoms. The molecule has 0 radical (unpaired) electrons. The van der Waals surface area contributed by atoms with Gasteiger partial charge in [0.05, 0.1) is 0 Å². The van der Waals surface area contributed by atoms with Crippen molar-refractivity contribution in [3.05, 3.63) is 54.1 Å². The first-order valence-corrected chi connectivity index (χ1v) is 9.68. The quantitative estimate of drug-likeness (QED) is 0.657. The average Bonchev–Trinajstić information content (AvgIpc) is 3.09. The second-order valence-electron chi connectivity index (χ2n) is 5.99. The maximum atomic E-state index is 6.17. The lowest BCUT2D eigenvalue weighted by Gasteiger charge is -2.32. The zero-order valence-corrected chi connectivity index (χ0v) is 15.7. The van der Waals surface area contributed by atoms with Crippen molar-refractivity contribution in [3.63, 3.8) is 0 Å². The van der Waals surface area contributed by atoms with Crippen LogP contribution in [0, 0.1) is 0 Å². The molecule has 25 heavy (non-hydrogen) atoms. The number of benzene rings is 2. The van der Waals surface area contributed by atoms with E-state index in [9.17, 15) is 0 Å². The first-order valence-electron chi connectivity index (χ1n) is 8.28. The summed E-state index contributed by atoms with van der Waals surface area (Å²) >= 11 is 0. The van der Waals surface area contributed by atoms with E-state index in [-0.39, 0.29) is 0 Å². The van der Waals surface area contributed by atoms with Crippen LogP contribution in [0.2, 0.25) is 0 Å². The summed E-state index contributed by atoms with van der Waals surface area (Å²) in [6.07, 6.45) is 1.46. The van der Waals surface area contributed by atoms with E-state index >= 15 is 0 Å². The van der Waals surface area contributed by atoms with E-state index in [0.29, 0.717) is 19.2 Å². The van der Waals surface area contributed by atoms with Gasteiger partial charge in [0, 0.05) is 13.2 Å². The Morgan fingerprint density at radius 2 is 1.88 bits per heavy atom. The van der Waals surface area contributed by atoms with E-state index in [1.54, 1.807) is 7.11 Å². The predicted molar refractivity (Wildman–Crippen MR) is 99.4 cm³/mol. The van der Waals surface area contributed by atoms with Gasteiger partial charge in [-0.25, -0.2) is 4.67 Å². The van der Waals surface area contributed by atoms with Crippen LogP contribution in [0.4, 0.5) is 0 Å². The van der Waals surface area contributed by atoms with Gasteiger partial charge in [-0.15, -0.1) is 0 Å². The first-order chi connectivity index (χ1) is 12.2. The molecule has 2 aromatic carbocycles. The zero-order chi connectivity index (χ0) is 17.6. The van der Waals surface area contributed by atoms with Gasteiger partial charge in [0.15, 0.2) is 19.8 Å². The Morgan fingerprint density at radius 3 is 2.64 bits per heavy atom. The van der Waals surface area contributed by atoms with Gasteiger partial charge in [0.2, 0.25) is 6.79 Å². The van der Waals surface area contributed by atoms with E-state index in [1.807, 2.05) is 36.4 Å². The van der Waals surface area contributed by atoms with Gasteiger partial charge in [-0.3, -0.25) is 0 Å². The molecule has 1 aliphatic heterocycles. The van der Waals surface area contributed by atoms with Crippen molar-refractivity contribution in [1.82, 2.24) is 4.67 Å². The van der Waals surface area contributed by atoms with Crippen LogP contribution in [0.3, 0.4) is 0 Å². The molecule has 2 atom stereocenters. The summed E-state index contributed by atoms with van der Waals surface area (Å²) in [5.41, 5.74) is 1.22. The Morgan fingerprint density at radius 1 is 1.12 bits per heavy atom. The topological polar surface area (TPSA) is 40.2 Å². The van der Waals surface area contributed by atoms with Crippen molar-refractivity contribution >= 4 is 8.30 Å². The molecule has 2 aromatic rings. The molecule has 0 saturated heterocycles. The monoisotopic (exact) mass is 361 g/mol. The van der Waals surface area contributed by atoms with Crippen molar-refractivity contribution in [1.29, 1.82) is 0 Å². The molecule has 1 heterocycles. The minimum absolute atomic E-state index is 0.297. The summed E-state index contributed by atoms with van der Waals surface area (Å²) in [5.74, 6) is 2.51. The number of methoxy groups -OCH3 is 1. The molecule has 0 fully saturated rings. The molecule has 0 spiro atoms. The summed E-state index contributed by atoms with van der Waals surface area (Å²) in [6.45, 7) is 2.50. The van der Waals surface area contributed by atoms with Crippen LogP contribution in [0.25, 0.3) is 0 Å². The number of nitrogens with zero attached hydrogens (tertiary/aromatic N) is 1. The largest absolute Gasteiger partial charge is 0.456 e. The van der Waals surface area contributed by atoms with Crippen LogP contribution in [-0.2, 0) is 11.2 Å². The fourth-order valence-electron chi connectivity index (χ4n) is 2.66. The molecule has 1 aliphatic rings. The third-order valence-electron chi connectivity index (χ3n) is 4.15. The molecule has 0 aromatic heterocycles. The molecular weight excluding hydrogens is 337 g/mol. The highest BCUT2D eigenvalue weighted by Crippen LogP contribution is 2.43. The number of para-hydroxylation sites is 1. The van der Waals surface area contributed by atoms with E-state index in [1.165, 1.54) is 5.56 Å². The smallest absolute Gasteiger partial charge is 0.231 e. The van der Waals surface area contributed by atoms with Crippen molar-refractivity contribution in [2.75, 3.05) is 27.3 Å². The minimum Gasteiger partial charge on any atom is -0.456 e. The second-order valence-corrected chi connectivity index (χ2v) is 7.76. The Kier molecular flexibility index (Phi) is 6.14. The van der Waals surface area contributed by atoms with Crippen LogP contribution < -0.4 is 14.0 Å². The third kappa shape index (κ3) is 4.63. The van der Waals surface area contributed by atoms with Crippen molar-refractivity contribution in [2.45, 2.75) is 19.4 Å². The number of ether oxygens (including phenoxy) is 3. The first kappa shape index (κ1) is 18.0. The van der Waals surface area contributed by atoms with Crippen molar-refractivity contribution < 1.29 is 18.7 Å². The summed E-state index contributed by atoms with van der Waals surface area (Å²) in [7, 11) is 2.91. The molecular formula is C19H24NO4P. The summed E-state index contributed by atoms with van der Waals surface area (Å²) in [4.78, 5) is 0. The van der Waals surface area contributed by atoms with Crippen LogP contribution in [-0.4, -0.2) is 38.0 Å². The highest BCUT2D eigenvalue weighted by Gasteiger charge is 2.23. The van der Waals surface area contributed by atoms with Crippen LogP contribution in [0.1, 0.15) is 12.5 Å². The van der Waals surface area contributed by atoms with Crippen molar-refractivity contribution in [3.8, 4) is 17.2 Å². The maximum Gasteiger partial charge on any atom is 0.231 e.